The van der Waals surface area contributed by atoms with Crippen molar-refractivity contribution in [3.05, 3.63) is 51.5 Å². The van der Waals surface area contributed by atoms with Crippen LogP contribution in [0.2, 0.25) is 0 Å². The average Bonchev–Trinajstić information content (AvgIpc) is 2.98. The van der Waals surface area contributed by atoms with Crippen molar-refractivity contribution in [1.82, 2.24) is 15.2 Å². The number of hydrogen-bond donors (Lipinski definition) is 1. The summed E-state index contributed by atoms with van der Waals surface area (Å²) in [4.78, 5) is 31.4. The summed E-state index contributed by atoms with van der Waals surface area (Å²) < 4.78 is 15.0. The molecule has 3 rings (SSSR count). The van der Waals surface area contributed by atoms with Gasteiger partial charge >= 0.3 is 0 Å². The van der Waals surface area contributed by atoms with Crippen molar-refractivity contribution in [1.29, 1.82) is 0 Å². The Morgan fingerprint density at radius 3 is 2.46 bits per heavy atom. The Morgan fingerprint density at radius 2 is 1.88 bits per heavy atom. The fourth-order valence-corrected chi connectivity index (χ4v) is 3.99. The first-order valence-corrected chi connectivity index (χ1v) is 9.45. The van der Waals surface area contributed by atoms with E-state index in [1.165, 1.54) is 11.3 Å². The van der Waals surface area contributed by atoms with Crippen LogP contribution in [-0.4, -0.2) is 40.5 Å². The van der Waals surface area contributed by atoms with Crippen molar-refractivity contribution >= 4 is 23.2 Å². The maximum atomic E-state index is 15.0. The Bertz CT molecular complexity index is 798. The lowest BCUT2D eigenvalue weighted by molar-refractivity contribution is -0.135. The number of alkyl halides is 1. The highest BCUT2D eigenvalue weighted by Crippen LogP contribution is 2.29. The smallest absolute Gasteiger partial charge is 0.265 e. The molecular weight excluding hydrogens is 353 g/mol. The van der Waals surface area contributed by atoms with Gasteiger partial charge in [0.25, 0.3) is 11.8 Å². The Labute approximate surface area is 156 Å². The van der Waals surface area contributed by atoms with Crippen molar-refractivity contribution in [2.24, 2.45) is 0 Å². The summed E-state index contributed by atoms with van der Waals surface area (Å²) in [6.45, 7) is 4.41. The minimum Gasteiger partial charge on any atom is -0.349 e. The minimum absolute atomic E-state index is 0.0101. The number of likely N-dealkylation sites (tertiary alicyclic amines) is 1. The summed E-state index contributed by atoms with van der Waals surface area (Å²) >= 11 is 1.35. The molecule has 1 N–H and O–H groups in total. The molecule has 2 amide bonds. The van der Waals surface area contributed by atoms with Crippen LogP contribution in [0.1, 0.15) is 38.8 Å². The van der Waals surface area contributed by atoms with Gasteiger partial charge in [-0.3, -0.25) is 9.59 Å². The monoisotopic (exact) mass is 375 g/mol. The number of nitrogens with zero attached hydrogens (tertiary/aromatic N) is 2. The molecule has 0 atom stereocenters. The van der Waals surface area contributed by atoms with Crippen LogP contribution in [0.4, 0.5) is 4.39 Å². The van der Waals surface area contributed by atoms with Crippen molar-refractivity contribution in [2.45, 2.75) is 38.9 Å². The molecule has 0 saturated carbocycles. The summed E-state index contributed by atoms with van der Waals surface area (Å²) in [5.74, 6) is -0.724. The number of rotatable bonds is 4. The lowest BCUT2D eigenvalue weighted by Gasteiger charge is -2.35. The van der Waals surface area contributed by atoms with Gasteiger partial charge in [0.15, 0.2) is 5.67 Å². The zero-order valence-electron chi connectivity index (χ0n) is 14.9. The molecule has 7 heteroatoms. The third kappa shape index (κ3) is 3.93. The van der Waals surface area contributed by atoms with Crippen molar-refractivity contribution in [3.8, 4) is 0 Å². The van der Waals surface area contributed by atoms with Gasteiger partial charge in [-0.2, -0.15) is 0 Å². The van der Waals surface area contributed by atoms with Crippen LogP contribution in [0.3, 0.4) is 0 Å². The summed E-state index contributed by atoms with van der Waals surface area (Å²) in [6.07, 6.45) is 0.0202. The van der Waals surface area contributed by atoms with Crippen LogP contribution in [0.15, 0.2) is 30.3 Å². The van der Waals surface area contributed by atoms with Crippen LogP contribution < -0.4 is 5.32 Å². The molecule has 1 aromatic heterocycles. The van der Waals surface area contributed by atoms with Crippen molar-refractivity contribution in [3.63, 3.8) is 0 Å². The molecule has 1 aromatic carbocycles. The summed E-state index contributed by atoms with van der Waals surface area (Å²) in [7, 11) is 0. The molecule has 138 valence electrons. The molecule has 0 radical (unpaired) electrons. The number of hydrogen-bond acceptors (Lipinski definition) is 4. The first kappa shape index (κ1) is 18.5. The van der Waals surface area contributed by atoms with Gasteiger partial charge in [-0.15, -0.1) is 11.3 Å². The molecule has 5 nitrogen and oxygen atoms in total. The van der Waals surface area contributed by atoms with Crippen molar-refractivity contribution in [2.75, 3.05) is 13.1 Å². The van der Waals surface area contributed by atoms with Gasteiger partial charge in [0.05, 0.1) is 10.7 Å². The Balaban J connectivity index is 1.57. The SMILES string of the molecule is Cc1nc(C)c(C(=O)N2CCC(F)(C(=O)NCc3ccccc3)CC2)s1. The lowest BCUT2D eigenvalue weighted by Crippen LogP contribution is -2.52. The number of nitrogens with one attached hydrogen (secondary N) is 1. The first-order chi connectivity index (χ1) is 12.4. The van der Waals surface area contributed by atoms with E-state index < -0.39 is 11.6 Å². The van der Waals surface area contributed by atoms with Crippen LogP contribution in [0.5, 0.6) is 0 Å². The minimum atomic E-state index is -1.93. The molecule has 1 fully saturated rings. The van der Waals surface area contributed by atoms with E-state index in [1.54, 1.807) is 11.8 Å². The third-order valence-corrected chi connectivity index (χ3v) is 5.70. The quantitative estimate of drug-likeness (QED) is 0.894. The third-order valence-electron chi connectivity index (χ3n) is 4.64. The topological polar surface area (TPSA) is 62.3 Å². The van der Waals surface area contributed by atoms with Gasteiger partial charge in [-0.25, -0.2) is 9.37 Å². The second-order valence-corrected chi connectivity index (χ2v) is 7.78. The number of aromatic nitrogens is 1. The zero-order chi connectivity index (χ0) is 18.7. The van der Waals surface area contributed by atoms with Gasteiger partial charge < -0.3 is 10.2 Å². The zero-order valence-corrected chi connectivity index (χ0v) is 15.7. The lowest BCUT2D eigenvalue weighted by atomic mass is 9.92. The van der Waals surface area contributed by atoms with E-state index in [4.69, 9.17) is 0 Å². The van der Waals surface area contributed by atoms with Gasteiger partial charge in [-0.1, -0.05) is 30.3 Å². The highest BCUT2D eigenvalue weighted by Gasteiger charge is 2.42. The van der Waals surface area contributed by atoms with Crippen LogP contribution >= 0.6 is 11.3 Å². The van der Waals surface area contributed by atoms with Gasteiger partial charge in [0, 0.05) is 32.5 Å². The number of benzene rings is 1. The number of carbonyl (C=O) groups is 2. The number of aryl methyl sites for hydroxylation is 2. The largest absolute Gasteiger partial charge is 0.349 e. The molecule has 0 bridgehead atoms. The summed E-state index contributed by atoms with van der Waals surface area (Å²) in [6, 6.07) is 9.40. The Kier molecular flexibility index (Phi) is 5.36. The average molecular weight is 375 g/mol. The number of amides is 2. The molecule has 1 saturated heterocycles. The molecule has 2 aromatic rings. The van der Waals surface area contributed by atoms with E-state index in [-0.39, 0.29) is 31.8 Å². The van der Waals surface area contributed by atoms with E-state index in [0.29, 0.717) is 17.1 Å². The van der Waals surface area contributed by atoms with E-state index in [1.807, 2.05) is 37.3 Å². The number of thiazole rings is 1. The summed E-state index contributed by atoms with van der Waals surface area (Å²) in [5, 5.41) is 3.51. The Hall–Kier alpha value is -2.28. The van der Waals surface area contributed by atoms with E-state index in [2.05, 4.69) is 10.3 Å². The van der Waals surface area contributed by atoms with E-state index in [9.17, 15) is 9.59 Å². The number of carbonyl (C=O) groups excluding carboxylic acids is 2. The van der Waals surface area contributed by atoms with Crippen LogP contribution in [0, 0.1) is 13.8 Å². The van der Waals surface area contributed by atoms with E-state index >= 15 is 4.39 Å². The normalized spacial score (nSPS) is 16.3. The highest BCUT2D eigenvalue weighted by molar-refractivity contribution is 7.13. The maximum Gasteiger partial charge on any atom is 0.265 e. The van der Waals surface area contributed by atoms with Crippen LogP contribution in [0.25, 0.3) is 0 Å². The molecular formula is C19H22FN3O2S. The summed E-state index contributed by atoms with van der Waals surface area (Å²) in [5.41, 5.74) is -0.298. The fraction of sp³-hybridized carbons (Fsp3) is 0.421. The molecule has 0 spiro atoms. The standard InChI is InChI=1S/C19H22FN3O2S/c1-13-16(26-14(2)22-13)17(24)23-10-8-19(20,9-11-23)18(25)21-12-15-6-4-3-5-7-15/h3-7H,8-12H2,1-2H3,(H,21,25). The fourth-order valence-electron chi connectivity index (χ4n) is 3.10. The van der Waals surface area contributed by atoms with Gasteiger partial charge in [0.2, 0.25) is 0 Å². The van der Waals surface area contributed by atoms with E-state index in [0.717, 1.165) is 10.6 Å². The van der Waals surface area contributed by atoms with Gasteiger partial charge in [0.1, 0.15) is 4.88 Å². The van der Waals surface area contributed by atoms with Crippen LogP contribution in [-0.2, 0) is 11.3 Å². The second-order valence-electron chi connectivity index (χ2n) is 6.57. The number of halogens is 1. The maximum absolute atomic E-state index is 15.0. The molecule has 0 unspecified atom stereocenters. The first-order valence-electron chi connectivity index (χ1n) is 8.63. The van der Waals surface area contributed by atoms with Crippen molar-refractivity contribution < 1.29 is 14.0 Å². The molecule has 2 heterocycles. The predicted molar refractivity (Wildman–Crippen MR) is 98.9 cm³/mol. The predicted octanol–water partition coefficient (Wildman–Crippen LogP) is 3.02. The Morgan fingerprint density at radius 1 is 1.23 bits per heavy atom. The molecule has 1 aliphatic rings. The van der Waals surface area contributed by atoms with Gasteiger partial charge in [-0.05, 0) is 19.4 Å². The molecule has 1 aliphatic heterocycles. The molecule has 0 aliphatic carbocycles. The number of piperidine rings is 1. The highest BCUT2D eigenvalue weighted by atomic mass is 32.1. The molecule has 26 heavy (non-hydrogen) atoms. The second kappa shape index (κ2) is 7.53.